The number of benzene rings is 2. The summed E-state index contributed by atoms with van der Waals surface area (Å²) in [4.78, 5) is 130. The Morgan fingerprint density at radius 1 is 0.566 bits per heavy atom. The largest absolute Gasteiger partial charge is 0.391 e. The van der Waals surface area contributed by atoms with E-state index in [0.717, 1.165) is 16.5 Å². The number of primary amides is 1. The highest BCUT2D eigenvalue weighted by Gasteiger charge is 2.32. The van der Waals surface area contributed by atoms with E-state index in [0.29, 0.717) is 18.4 Å². The van der Waals surface area contributed by atoms with Crippen LogP contribution in [0.2, 0.25) is 0 Å². The van der Waals surface area contributed by atoms with Crippen molar-refractivity contribution >= 4 is 76.0 Å². The maximum atomic E-state index is 14.3. The molecule has 0 aliphatic carbocycles. The lowest BCUT2D eigenvalue weighted by atomic mass is 10.0. The van der Waals surface area contributed by atoms with Crippen LogP contribution in [0.4, 0.5) is 0 Å². The summed E-state index contributed by atoms with van der Waals surface area (Å²) in [5.74, 6) is -6.52. The smallest absolute Gasteiger partial charge is 0.243 e. The summed E-state index contributed by atoms with van der Waals surface area (Å²) < 4.78 is 0. The van der Waals surface area contributed by atoms with Crippen LogP contribution in [0.25, 0.3) is 10.9 Å². The number of aliphatic hydroxyl groups excluding tert-OH is 1. The Bertz CT molecular complexity index is 2480. The first kappa shape index (κ1) is 62.0. The highest BCUT2D eigenvalue weighted by molar-refractivity contribution is 5.97. The van der Waals surface area contributed by atoms with Gasteiger partial charge in [0.25, 0.3) is 0 Å². The van der Waals surface area contributed by atoms with Crippen molar-refractivity contribution in [2.45, 2.75) is 134 Å². The number of H-pyrrole nitrogens is 1. The minimum atomic E-state index is -1.41. The van der Waals surface area contributed by atoms with Gasteiger partial charge in [-0.1, -0.05) is 55.5 Å². The summed E-state index contributed by atoms with van der Waals surface area (Å²) in [6.07, 6.45) is 1.80. The van der Waals surface area contributed by atoms with E-state index in [-0.39, 0.29) is 89.5 Å². The summed E-state index contributed by atoms with van der Waals surface area (Å²) in [5.41, 5.74) is 29.7. The van der Waals surface area contributed by atoms with Crippen molar-refractivity contribution < 1.29 is 48.3 Å². The zero-order valence-corrected chi connectivity index (χ0v) is 43.3. The molecular formula is C50H76N16O10. The van der Waals surface area contributed by atoms with E-state index in [9.17, 15) is 48.3 Å². The van der Waals surface area contributed by atoms with Crippen LogP contribution in [0.5, 0.6) is 0 Å². The van der Waals surface area contributed by atoms with Crippen LogP contribution in [0.3, 0.4) is 0 Å². The summed E-state index contributed by atoms with van der Waals surface area (Å²) in [7, 11) is 0. The molecule has 3 rings (SSSR count). The van der Waals surface area contributed by atoms with E-state index < -0.39 is 102 Å². The molecule has 9 amide bonds. The topological polar surface area (TPSA) is 441 Å². The number of aliphatic hydroxyl groups is 1. The van der Waals surface area contributed by atoms with Gasteiger partial charge in [-0.25, -0.2) is 0 Å². The normalized spacial score (nSPS) is 13.6. The molecule has 0 unspecified atom stereocenters. The lowest BCUT2D eigenvalue weighted by Gasteiger charge is -2.26. The molecule has 0 spiro atoms. The fourth-order valence-corrected chi connectivity index (χ4v) is 7.85. The Labute approximate surface area is 441 Å². The molecule has 26 heteroatoms. The Balaban J connectivity index is 1.76. The number of para-hydroxylation sites is 1. The number of carbonyl (C=O) groups is 9. The number of nitrogens with one attached hydrogen (secondary N) is 9. The molecule has 0 radical (unpaired) electrons. The van der Waals surface area contributed by atoms with Crippen molar-refractivity contribution in [3.8, 4) is 0 Å². The molecule has 416 valence electrons. The first-order valence-corrected chi connectivity index (χ1v) is 25.1. The van der Waals surface area contributed by atoms with Gasteiger partial charge in [0.1, 0.15) is 36.3 Å². The number of guanidine groups is 2. The molecule has 0 aliphatic rings. The molecular weight excluding hydrogens is 985 g/mol. The number of nitrogens with two attached hydrogens (primary N) is 5. The molecule has 0 aliphatic heterocycles. The zero-order chi connectivity index (χ0) is 56.2. The van der Waals surface area contributed by atoms with Crippen LogP contribution >= 0.6 is 0 Å². The molecule has 2 aromatic carbocycles. The van der Waals surface area contributed by atoms with Crippen LogP contribution in [0.1, 0.15) is 89.7 Å². The van der Waals surface area contributed by atoms with Gasteiger partial charge in [-0.2, -0.15) is 0 Å². The van der Waals surface area contributed by atoms with Crippen LogP contribution in [-0.4, -0.2) is 144 Å². The number of hydrogen-bond donors (Lipinski definition) is 15. The Hall–Kier alpha value is -8.29. The fraction of sp³-hybridized carbons (Fsp3) is 0.500. The predicted octanol–water partition coefficient (Wildman–Crippen LogP) is -2.94. The Morgan fingerprint density at radius 2 is 1.07 bits per heavy atom. The highest BCUT2D eigenvalue weighted by Crippen LogP contribution is 2.20. The number of fused-ring (bicyclic) bond motifs is 1. The molecule has 76 heavy (non-hydrogen) atoms. The number of amides is 9. The maximum absolute atomic E-state index is 14.3. The first-order valence-electron chi connectivity index (χ1n) is 25.1. The average molecular weight is 1060 g/mol. The summed E-state index contributed by atoms with van der Waals surface area (Å²) >= 11 is 0. The van der Waals surface area contributed by atoms with Crippen LogP contribution < -0.4 is 71.2 Å². The third-order valence-corrected chi connectivity index (χ3v) is 11.8. The Kier molecular flexibility index (Phi) is 26.8. The molecule has 0 fully saturated rings. The van der Waals surface area contributed by atoms with E-state index in [1.807, 2.05) is 24.3 Å². The van der Waals surface area contributed by atoms with E-state index in [1.165, 1.54) is 13.8 Å². The average Bonchev–Trinajstić information content (AvgIpc) is 3.78. The number of aliphatic imine (C=N–C) groups is 2. The van der Waals surface area contributed by atoms with Crippen molar-refractivity contribution in [3.63, 3.8) is 0 Å². The van der Waals surface area contributed by atoms with Crippen LogP contribution in [0, 0.1) is 0 Å². The number of carbonyl (C=O) groups excluding carboxylic acids is 9. The standard InChI is InChI=1S/C50H76N16O10/c1-4-33(69)28-60-44(72)41(66-45(73)37(61-29(2)67)19-12-22-57-49(52)53)26-42(70)56-21-11-10-18-36(43(51)71)63-48(76)40(25-32-27-59-35-17-9-8-16-34(32)35)65-46(74)38(20-13-23-58-50(54)55)64-47(75)39(62-30(3)68)24-31-14-6-5-7-15-31/h5-9,14-17,27,33,36-41,59,69H,4,10-13,18-26,28H2,1-3H3,(H2,51,71)(H,56,70)(H,60,72)(H,61,67)(H,62,68)(H,63,76)(H,64,75)(H,65,74)(H,66,73)(H4,52,53,57)(H4,54,55,58)/t33-,36+,37+,38+,39-,40+,41+/m1/s1. The van der Waals surface area contributed by atoms with Gasteiger partial charge in [0.15, 0.2) is 11.9 Å². The monoisotopic (exact) mass is 1060 g/mol. The molecule has 1 aromatic heterocycles. The van der Waals surface area contributed by atoms with E-state index >= 15 is 0 Å². The molecule has 3 aromatic rings. The summed E-state index contributed by atoms with van der Waals surface area (Å²) in [6.45, 7) is 4.35. The van der Waals surface area contributed by atoms with Crippen LogP contribution in [-0.2, 0) is 56.0 Å². The third-order valence-electron chi connectivity index (χ3n) is 11.8. The van der Waals surface area contributed by atoms with Gasteiger partial charge in [-0.3, -0.25) is 53.1 Å². The minimum absolute atomic E-state index is 0.00862. The minimum Gasteiger partial charge on any atom is -0.391 e. The highest BCUT2D eigenvalue weighted by atomic mass is 16.3. The van der Waals surface area contributed by atoms with E-state index in [1.54, 1.807) is 43.5 Å². The summed E-state index contributed by atoms with van der Waals surface area (Å²) in [6, 6.07) is 8.86. The SMILES string of the molecule is CC[C@@H](O)CNC(=O)[C@H](CC(=O)NCCCC[C@H](NC(=O)[C@H](Cc1c[nH]c2ccccc12)NC(=O)[C@H](CCCN=C(N)N)NC(=O)[C@@H](Cc1ccccc1)NC(C)=O)C(N)=O)NC(=O)[C@H](CCCN=C(N)N)NC(C)=O. The number of rotatable bonds is 34. The second-order valence-electron chi connectivity index (χ2n) is 18.2. The maximum Gasteiger partial charge on any atom is 0.243 e. The van der Waals surface area contributed by atoms with Crippen molar-refractivity contribution in [1.82, 2.24) is 47.5 Å². The van der Waals surface area contributed by atoms with Gasteiger partial charge in [0.2, 0.25) is 53.2 Å². The zero-order valence-electron chi connectivity index (χ0n) is 43.3. The fourth-order valence-electron chi connectivity index (χ4n) is 7.85. The van der Waals surface area contributed by atoms with Crippen molar-refractivity contribution in [3.05, 3.63) is 71.9 Å². The molecule has 26 nitrogen and oxygen atoms in total. The Morgan fingerprint density at radius 3 is 1.64 bits per heavy atom. The number of unbranched alkanes of at least 4 members (excludes halogenated alkanes) is 1. The quantitative estimate of drug-likeness (QED) is 0.0162. The third kappa shape index (κ3) is 23.3. The van der Waals surface area contributed by atoms with Gasteiger partial charge < -0.3 is 81.3 Å². The van der Waals surface area contributed by atoms with Gasteiger partial charge in [0.05, 0.1) is 12.5 Å². The molecule has 0 saturated carbocycles. The molecule has 7 atom stereocenters. The van der Waals surface area contributed by atoms with E-state index in [2.05, 4.69) is 57.5 Å². The van der Waals surface area contributed by atoms with Gasteiger partial charge in [-0.05, 0) is 68.6 Å². The van der Waals surface area contributed by atoms with Crippen molar-refractivity contribution in [2.75, 3.05) is 26.2 Å². The van der Waals surface area contributed by atoms with Gasteiger partial charge in [-0.15, -0.1) is 0 Å². The second kappa shape index (κ2) is 32.8. The number of nitrogens with zero attached hydrogens (tertiary/aromatic N) is 2. The number of aromatic nitrogens is 1. The van der Waals surface area contributed by atoms with Gasteiger partial charge in [0, 0.05) is 70.0 Å². The van der Waals surface area contributed by atoms with Crippen molar-refractivity contribution in [2.24, 2.45) is 38.7 Å². The number of hydrogen-bond acceptors (Lipinski definition) is 12. The molecule has 1 heterocycles. The number of aromatic amines is 1. The predicted molar refractivity (Wildman–Crippen MR) is 285 cm³/mol. The molecule has 0 saturated heterocycles. The summed E-state index contributed by atoms with van der Waals surface area (Å²) in [5, 5.41) is 31.9. The first-order chi connectivity index (χ1) is 36.2. The second-order valence-corrected chi connectivity index (χ2v) is 18.2. The molecule has 20 N–H and O–H groups in total. The lowest BCUT2D eigenvalue weighted by molar-refractivity contribution is -0.134. The van der Waals surface area contributed by atoms with Crippen molar-refractivity contribution in [1.29, 1.82) is 0 Å². The lowest BCUT2D eigenvalue weighted by Crippen LogP contribution is -2.58. The molecule has 0 bridgehead atoms. The van der Waals surface area contributed by atoms with Crippen LogP contribution in [0.15, 0.2) is 70.8 Å². The van der Waals surface area contributed by atoms with E-state index in [4.69, 9.17) is 28.7 Å². The van der Waals surface area contributed by atoms with Gasteiger partial charge >= 0.3 is 0 Å².